The summed E-state index contributed by atoms with van der Waals surface area (Å²) in [4.78, 5) is 31.2. The molecule has 0 aliphatic carbocycles. The van der Waals surface area contributed by atoms with Crippen LogP contribution in [-0.2, 0) is 14.3 Å². The molecule has 0 radical (unpaired) electrons. The highest BCUT2D eigenvalue weighted by atomic mass is 35.5. The third kappa shape index (κ3) is 3.48. The number of hydrogen-bond acceptors (Lipinski definition) is 6. The van der Waals surface area contributed by atoms with Crippen molar-refractivity contribution in [2.45, 2.75) is 12.5 Å². The molecule has 124 valence electrons. The van der Waals surface area contributed by atoms with Crippen LogP contribution in [0.15, 0.2) is 12.1 Å². The van der Waals surface area contributed by atoms with E-state index >= 15 is 0 Å². The van der Waals surface area contributed by atoms with Crippen molar-refractivity contribution in [1.29, 1.82) is 0 Å². The Morgan fingerprint density at radius 3 is 2.70 bits per heavy atom. The number of anilines is 2. The van der Waals surface area contributed by atoms with E-state index in [-0.39, 0.29) is 5.91 Å². The van der Waals surface area contributed by atoms with Crippen LogP contribution in [0.4, 0.5) is 16.4 Å². The minimum absolute atomic E-state index is 0.341. The first kappa shape index (κ1) is 15.8. The molecule has 3 heterocycles. The fourth-order valence-electron chi connectivity index (χ4n) is 2.69. The maximum Gasteiger partial charge on any atom is 0.405 e. The zero-order valence-corrected chi connectivity index (χ0v) is 13.2. The first-order chi connectivity index (χ1) is 11.0. The smallest absolute Gasteiger partial charge is 0.405 e. The molecule has 0 bridgehead atoms. The zero-order valence-electron chi connectivity index (χ0n) is 12.4. The molecule has 23 heavy (non-hydrogen) atoms. The maximum absolute atomic E-state index is 12.3. The highest BCUT2D eigenvalue weighted by Gasteiger charge is 2.36. The van der Waals surface area contributed by atoms with Crippen molar-refractivity contribution in [3.63, 3.8) is 0 Å². The van der Waals surface area contributed by atoms with Gasteiger partial charge in [-0.25, -0.2) is 9.78 Å². The predicted octanol–water partition coefficient (Wildman–Crippen LogP) is 0.772. The minimum atomic E-state index is -0.960. The molecule has 1 aromatic heterocycles. The number of halogens is 1. The Morgan fingerprint density at radius 2 is 2.00 bits per heavy atom. The monoisotopic (exact) mass is 340 g/mol. The molecule has 8 nitrogen and oxygen atoms in total. The van der Waals surface area contributed by atoms with Gasteiger partial charge in [-0.15, -0.1) is 0 Å². The van der Waals surface area contributed by atoms with E-state index in [0.29, 0.717) is 55.9 Å². The summed E-state index contributed by atoms with van der Waals surface area (Å²) in [5, 5.41) is 0.489. The molecule has 0 unspecified atom stereocenters. The van der Waals surface area contributed by atoms with Gasteiger partial charge in [0.15, 0.2) is 6.10 Å². The van der Waals surface area contributed by atoms with Crippen molar-refractivity contribution < 1.29 is 19.1 Å². The van der Waals surface area contributed by atoms with Gasteiger partial charge in [0.2, 0.25) is 0 Å². The van der Waals surface area contributed by atoms with E-state index in [1.165, 1.54) is 4.90 Å². The lowest BCUT2D eigenvalue weighted by Crippen LogP contribution is -2.37. The fraction of sp³-hybridized carbons (Fsp3) is 0.500. The minimum Gasteiger partial charge on any atom is -0.436 e. The van der Waals surface area contributed by atoms with E-state index in [1.807, 2.05) is 0 Å². The second kappa shape index (κ2) is 6.59. The van der Waals surface area contributed by atoms with Crippen LogP contribution in [0.25, 0.3) is 0 Å². The molecule has 3 rings (SSSR count). The summed E-state index contributed by atoms with van der Waals surface area (Å²) < 4.78 is 10.1. The van der Waals surface area contributed by atoms with Gasteiger partial charge in [0, 0.05) is 31.1 Å². The number of aromatic nitrogens is 1. The van der Waals surface area contributed by atoms with Gasteiger partial charge in [0.1, 0.15) is 11.6 Å². The summed E-state index contributed by atoms with van der Waals surface area (Å²) in [6.07, 6.45) is -1.44. The third-order valence-electron chi connectivity index (χ3n) is 3.79. The molecule has 0 saturated carbocycles. The van der Waals surface area contributed by atoms with E-state index in [2.05, 4.69) is 9.88 Å². The summed E-state index contributed by atoms with van der Waals surface area (Å²) in [6.45, 7) is 3.08. The van der Waals surface area contributed by atoms with Crippen LogP contribution < -0.4 is 15.5 Å². The zero-order chi connectivity index (χ0) is 16.4. The normalized spacial score (nSPS) is 21.6. The highest BCUT2D eigenvalue weighted by Crippen LogP contribution is 2.28. The molecule has 0 aromatic carbocycles. The van der Waals surface area contributed by atoms with Crippen molar-refractivity contribution in [3.8, 4) is 0 Å². The molecule has 2 N–H and O–H groups in total. The molecule has 2 amide bonds. The van der Waals surface area contributed by atoms with Crippen molar-refractivity contribution >= 4 is 35.2 Å². The molecule has 9 heteroatoms. The molecule has 0 spiro atoms. The Labute approximate surface area is 138 Å². The Balaban J connectivity index is 1.81. The van der Waals surface area contributed by atoms with Gasteiger partial charge in [-0.2, -0.15) is 0 Å². The van der Waals surface area contributed by atoms with Gasteiger partial charge in [0.05, 0.1) is 13.2 Å². The standard InChI is InChI=1S/C14H17ClN4O4/c15-9-7-11(18-3-5-22-6-4-18)17-12(8-9)19-2-1-10(13(19)20)23-14(16)21/h7-8,10H,1-6H2,(H2,16,21)/t10-/m1/s1. The average Bonchev–Trinajstić information content (AvgIpc) is 2.88. The summed E-state index contributed by atoms with van der Waals surface area (Å²) in [5.74, 6) is 0.800. The van der Waals surface area contributed by atoms with Crippen LogP contribution >= 0.6 is 11.6 Å². The predicted molar refractivity (Wildman–Crippen MR) is 83.7 cm³/mol. The second-order valence-corrected chi connectivity index (χ2v) is 5.74. The number of nitrogens with zero attached hydrogens (tertiary/aromatic N) is 3. The number of amides is 2. The lowest BCUT2D eigenvalue weighted by Gasteiger charge is -2.28. The Kier molecular flexibility index (Phi) is 4.53. The van der Waals surface area contributed by atoms with E-state index in [0.717, 1.165) is 0 Å². The molecule has 2 aliphatic rings. The lowest BCUT2D eigenvalue weighted by molar-refractivity contribution is -0.124. The van der Waals surface area contributed by atoms with Gasteiger partial charge in [-0.1, -0.05) is 11.6 Å². The molecule has 1 aromatic rings. The van der Waals surface area contributed by atoms with Crippen LogP contribution in [-0.4, -0.2) is 55.9 Å². The largest absolute Gasteiger partial charge is 0.436 e. The summed E-state index contributed by atoms with van der Waals surface area (Å²) in [6, 6.07) is 3.38. The van der Waals surface area contributed by atoms with Crippen LogP contribution in [0.3, 0.4) is 0 Å². The topological polar surface area (TPSA) is 98.0 Å². The second-order valence-electron chi connectivity index (χ2n) is 5.31. The van der Waals surface area contributed by atoms with Crippen LogP contribution in [0.2, 0.25) is 5.02 Å². The number of morpholine rings is 1. The number of rotatable bonds is 3. The quantitative estimate of drug-likeness (QED) is 0.872. The maximum atomic E-state index is 12.3. The molecule has 1 atom stereocenters. The van der Waals surface area contributed by atoms with Crippen LogP contribution in [0, 0.1) is 0 Å². The van der Waals surface area contributed by atoms with E-state index in [1.54, 1.807) is 12.1 Å². The van der Waals surface area contributed by atoms with E-state index < -0.39 is 12.2 Å². The van der Waals surface area contributed by atoms with E-state index in [4.69, 9.17) is 26.8 Å². The van der Waals surface area contributed by atoms with Crippen molar-refractivity contribution in [3.05, 3.63) is 17.2 Å². The van der Waals surface area contributed by atoms with Gasteiger partial charge >= 0.3 is 6.09 Å². The van der Waals surface area contributed by atoms with Gasteiger partial charge in [-0.3, -0.25) is 9.69 Å². The molecular weight excluding hydrogens is 324 g/mol. The average molecular weight is 341 g/mol. The number of ether oxygens (including phenoxy) is 2. The van der Waals surface area contributed by atoms with Crippen molar-refractivity contribution in [2.75, 3.05) is 42.6 Å². The number of hydrogen-bond donors (Lipinski definition) is 1. The summed E-state index contributed by atoms with van der Waals surface area (Å²) in [7, 11) is 0. The van der Waals surface area contributed by atoms with Crippen molar-refractivity contribution in [2.24, 2.45) is 5.73 Å². The third-order valence-corrected chi connectivity index (χ3v) is 4.01. The number of carbonyl (C=O) groups excluding carboxylic acids is 2. The molecule has 2 saturated heterocycles. The van der Waals surface area contributed by atoms with E-state index in [9.17, 15) is 9.59 Å². The number of pyridine rings is 1. The molecular formula is C14H17ClN4O4. The van der Waals surface area contributed by atoms with Crippen molar-refractivity contribution in [1.82, 2.24) is 4.98 Å². The fourth-order valence-corrected chi connectivity index (χ4v) is 2.89. The number of nitrogens with two attached hydrogens (primary N) is 1. The number of primary amides is 1. The summed E-state index contributed by atoms with van der Waals surface area (Å²) >= 11 is 6.17. The first-order valence-electron chi connectivity index (χ1n) is 7.32. The Bertz CT molecular complexity index is 621. The van der Waals surface area contributed by atoms with Gasteiger partial charge in [0.25, 0.3) is 5.91 Å². The Morgan fingerprint density at radius 1 is 1.30 bits per heavy atom. The molecule has 2 aliphatic heterocycles. The lowest BCUT2D eigenvalue weighted by atomic mass is 10.3. The Hall–Kier alpha value is -2.06. The SMILES string of the molecule is NC(=O)O[C@@H]1CCN(c2cc(Cl)cc(N3CCOCC3)n2)C1=O. The molecule has 2 fully saturated rings. The van der Waals surface area contributed by atoms with Crippen LogP contribution in [0.5, 0.6) is 0 Å². The highest BCUT2D eigenvalue weighted by molar-refractivity contribution is 6.31. The first-order valence-corrected chi connectivity index (χ1v) is 7.70. The van der Waals surface area contributed by atoms with Gasteiger partial charge in [-0.05, 0) is 12.1 Å². The van der Waals surface area contributed by atoms with Gasteiger partial charge < -0.3 is 20.1 Å². The van der Waals surface area contributed by atoms with Crippen LogP contribution in [0.1, 0.15) is 6.42 Å². The summed E-state index contributed by atoms with van der Waals surface area (Å²) in [5.41, 5.74) is 4.98. The number of carbonyl (C=O) groups is 2.